The Morgan fingerprint density at radius 1 is 0.923 bits per heavy atom. The summed E-state index contributed by atoms with van der Waals surface area (Å²) in [5, 5.41) is 0.806. The monoisotopic (exact) mass is 352 g/mol. The fourth-order valence-corrected chi connectivity index (χ4v) is 2.85. The van der Waals surface area contributed by atoms with Gasteiger partial charge in [-0.2, -0.15) is 0 Å². The number of fused-ring (bicyclic) bond motifs is 1. The lowest BCUT2D eigenvalue weighted by Crippen LogP contribution is -2.25. The summed E-state index contributed by atoms with van der Waals surface area (Å²) in [6, 6.07) is 17.2. The van der Waals surface area contributed by atoms with Crippen LogP contribution < -0.4 is 0 Å². The molecule has 1 aromatic heterocycles. The number of ether oxygens (including phenoxy) is 2. The van der Waals surface area contributed by atoms with E-state index < -0.39 is 17.9 Å². The molecule has 3 aromatic rings. The summed E-state index contributed by atoms with van der Waals surface area (Å²) in [4.78, 5) is 24.6. The van der Waals surface area contributed by atoms with Crippen molar-refractivity contribution in [2.24, 2.45) is 0 Å². The largest absolute Gasteiger partial charge is 0.465 e. The molecule has 1 heterocycles. The lowest BCUT2D eigenvalue weighted by atomic mass is 10.0. The Kier molecular flexibility index (Phi) is 5.37. The summed E-state index contributed by atoms with van der Waals surface area (Å²) >= 11 is 0. The van der Waals surface area contributed by atoms with E-state index in [0.29, 0.717) is 5.58 Å². The third-order valence-electron chi connectivity index (χ3n) is 3.98. The molecule has 0 bridgehead atoms. The molecule has 0 spiro atoms. The summed E-state index contributed by atoms with van der Waals surface area (Å²) in [6.45, 7) is 3.72. The zero-order chi connectivity index (χ0) is 18.5. The molecule has 0 unspecified atom stereocenters. The minimum absolute atomic E-state index is 0.171. The highest BCUT2D eigenvalue weighted by Gasteiger charge is 2.35. The molecule has 26 heavy (non-hydrogen) atoms. The number of carbonyl (C=O) groups is 2. The number of esters is 2. The van der Waals surface area contributed by atoms with Gasteiger partial charge in [0.25, 0.3) is 0 Å². The Morgan fingerprint density at radius 3 is 2.19 bits per heavy atom. The van der Waals surface area contributed by atoms with Crippen LogP contribution in [0.25, 0.3) is 22.1 Å². The van der Waals surface area contributed by atoms with Crippen LogP contribution in [0.3, 0.4) is 0 Å². The van der Waals surface area contributed by atoms with Crippen molar-refractivity contribution >= 4 is 22.9 Å². The van der Waals surface area contributed by atoms with E-state index >= 15 is 0 Å². The molecule has 134 valence electrons. The Labute approximate surface area is 151 Å². The summed E-state index contributed by atoms with van der Waals surface area (Å²) in [5.41, 5.74) is 2.50. The van der Waals surface area contributed by atoms with Gasteiger partial charge >= 0.3 is 11.9 Å². The van der Waals surface area contributed by atoms with Crippen LogP contribution in [0.15, 0.2) is 59.0 Å². The number of rotatable bonds is 6. The third-order valence-corrected chi connectivity index (χ3v) is 3.98. The second kappa shape index (κ2) is 7.87. The van der Waals surface area contributed by atoms with Crippen molar-refractivity contribution < 1.29 is 23.5 Å². The summed E-state index contributed by atoms with van der Waals surface area (Å²) in [6.07, 6.45) is 0. The molecule has 0 aliphatic carbocycles. The molecule has 0 fully saturated rings. The fourth-order valence-electron chi connectivity index (χ4n) is 2.85. The molecule has 0 N–H and O–H groups in total. The zero-order valence-corrected chi connectivity index (χ0v) is 14.7. The van der Waals surface area contributed by atoms with Gasteiger partial charge in [-0.25, -0.2) is 0 Å². The fraction of sp³-hybridized carbons (Fsp3) is 0.238. The maximum atomic E-state index is 12.3. The van der Waals surface area contributed by atoms with Crippen LogP contribution in [-0.4, -0.2) is 25.2 Å². The summed E-state index contributed by atoms with van der Waals surface area (Å²) in [5.74, 6) is -2.36. The van der Waals surface area contributed by atoms with Crippen LogP contribution in [0.1, 0.15) is 25.5 Å². The molecule has 3 rings (SSSR count). The molecule has 0 radical (unpaired) electrons. The maximum absolute atomic E-state index is 12.3. The average molecular weight is 352 g/mol. The van der Waals surface area contributed by atoms with Crippen LogP contribution >= 0.6 is 0 Å². The molecule has 0 saturated carbocycles. The molecular formula is C21H20O5. The van der Waals surface area contributed by atoms with Crippen molar-refractivity contribution in [1.29, 1.82) is 0 Å². The predicted octanol–water partition coefficient (Wildman–Crippen LogP) is 4.31. The number of carbonyl (C=O) groups excluding carboxylic acids is 2. The summed E-state index contributed by atoms with van der Waals surface area (Å²) in [7, 11) is 0. The van der Waals surface area contributed by atoms with Gasteiger partial charge in [0.15, 0.2) is 0 Å². The van der Waals surface area contributed by atoms with Crippen LogP contribution in [-0.2, 0) is 19.1 Å². The van der Waals surface area contributed by atoms with Crippen molar-refractivity contribution in [3.05, 3.63) is 60.4 Å². The van der Waals surface area contributed by atoms with E-state index in [2.05, 4.69) is 0 Å². The van der Waals surface area contributed by atoms with Crippen LogP contribution in [0.4, 0.5) is 0 Å². The molecule has 0 aliphatic heterocycles. The number of hydrogen-bond donors (Lipinski definition) is 0. The first kappa shape index (κ1) is 17.7. The molecule has 0 atom stereocenters. The first-order chi connectivity index (χ1) is 12.7. The molecule has 0 saturated heterocycles. The van der Waals surface area contributed by atoms with Gasteiger partial charge in [0.2, 0.25) is 5.92 Å². The second-order valence-corrected chi connectivity index (χ2v) is 5.68. The van der Waals surface area contributed by atoms with Crippen molar-refractivity contribution in [3.63, 3.8) is 0 Å². The summed E-state index contributed by atoms with van der Waals surface area (Å²) < 4.78 is 16.0. The SMILES string of the molecule is CCOC(=O)C(C(=O)OCC)c1cc2cccc(-c3ccccc3)c2o1. The average Bonchev–Trinajstić information content (AvgIpc) is 3.06. The molecule has 5 heteroatoms. The van der Waals surface area contributed by atoms with E-state index in [1.807, 2.05) is 48.5 Å². The van der Waals surface area contributed by atoms with Gasteiger partial charge in [-0.15, -0.1) is 0 Å². The number of hydrogen-bond acceptors (Lipinski definition) is 5. The van der Waals surface area contributed by atoms with Crippen LogP contribution in [0, 0.1) is 0 Å². The molecule has 5 nitrogen and oxygen atoms in total. The molecular weight excluding hydrogens is 332 g/mol. The quantitative estimate of drug-likeness (QED) is 0.488. The van der Waals surface area contributed by atoms with Crippen molar-refractivity contribution in [2.45, 2.75) is 19.8 Å². The van der Waals surface area contributed by atoms with E-state index in [0.717, 1.165) is 16.5 Å². The van der Waals surface area contributed by atoms with E-state index in [-0.39, 0.29) is 19.0 Å². The highest BCUT2D eigenvalue weighted by molar-refractivity contribution is 6.02. The zero-order valence-electron chi connectivity index (χ0n) is 14.7. The normalized spacial score (nSPS) is 10.9. The Bertz CT molecular complexity index is 893. The highest BCUT2D eigenvalue weighted by atomic mass is 16.6. The van der Waals surface area contributed by atoms with Gasteiger partial charge in [-0.1, -0.05) is 48.5 Å². The second-order valence-electron chi connectivity index (χ2n) is 5.68. The standard InChI is InChI=1S/C21H20O5/c1-3-24-20(22)18(21(23)25-4-2)17-13-15-11-8-12-16(19(15)26-17)14-9-6-5-7-10-14/h5-13,18H,3-4H2,1-2H3. The first-order valence-corrected chi connectivity index (χ1v) is 8.56. The maximum Gasteiger partial charge on any atom is 0.328 e. The van der Waals surface area contributed by atoms with E-state index in [1.54, 1.807) is 19.9 Å². The topological polar surface area (TPSA) is 65.7 Å². The third kappa shape index (κ3) is 3.47. The number of para-hydroxylation sites is 1. The lowest BCUT2D eigenvalue weighted by molar-refractivity contribution is -0.157. The van der Waals surface area contributed by atoms with E-state index in [1.165, 1.54) is 0 Å². The van der Waals surface area contributed by atoms with Gasteiger partial charge in [0.1, 0.15) is 11.3 Å². The first-order valence-electron chi connectivity index (χ1n) is 8.56. The van der Waals surface area contributed by atoms with Gasteiger partial charge in [-0.3, -0.25) is 9.59 Å². The molecule has 2 aromatic carbocycles. The highest BCUT2D eigenvalue weighted by Crippen LogP contribution is 2.34. The molecule has 0 amide bonds. The van der Waals surface area contributed by atoms with Crippen molar-refractivity contribution in [1.82, 2.24) is 0 Å². The minimum Gasteiger partial charge on any atom is -0.465 e. The van der Waals surface area contributed by atoms with Crippen molar-refractivity contribution in [3.8, 4) is 11.1 Å². The predicted molar refractivity (Wildman–Crippen MR) is 97.7 cm³/mol. The lowest BCUT2D eigenvalue weighted by Gasteiger charge is -2.12. The van der Waals surface area contributed by atoms with Crippen LogP contribution in [0.2, 0.25) is 0 Å². The number of benzene rings is 2. The minimum atomic E-state index is -1.23. The Morgan fingerprint density at radius 2 is 1.58 bits per heavy atom. The number of furan rings is 1. The van der Waals surface area contributed by atoms with Crippen molar-refractivity contribution in [2.75, 3.05) is 13.2 Å². The van der Waals surface area contributed by atoms with Crippen LogP contribution in [0.5, 0.6) is 0 Å². The van der Waals surface area contributed by atoms with Gasteiger partial charge in [-0.05, 0) is 25.5 Å². The Hall–Kier alpha value is -3.08. The van der Waals surface area contributed by atoms with Gasteiger partial charge < -0.3 is 13.9 Å². The van der Waals surface area contributed by atoms with Gasteiger partial charge in [0.05, 0.1) is 13.2 Å². The molecule has 0 aliphatic rings. The Balaban J connectivity index is 2.09. The smallest absolute Gasteiger partial charge is 0.328 e. The van der Waals surface area contributed by atoms with E-state index in [9.17, 15) is 9.59 Å². The van der Waals surface area contributed by atoms with Gasteiger partial charge in [0, 0.05) is 10.9 Å². The van der Waals surface area contributed by atoms with E-state index in [4.69, 9.17) is 13.9 Å².